The van der Waals surface area contributed by atoms with Gasteiger partial charge in [0.15, 0.2) is 0 Å². The van der Waals surface area contributed by atoms with E-state index in [9.17, 15) is 13.6 Å². The largest absolute Gasteiger partial charge is 0.444 e. The first-order valence-electron chi connectivity index (χ1n) is 6.16. The summed E-state index contributed by atoms with van der Waals surface area (Å²) >= 11 is 0. The minimum atomic E-state index is -2.40. The van der Waals surface area contributed by atoms with Gasteiger partial charge in [0.1, 0.15) is 5.60 Å². The fourth-order valence-corrected chi connectivity index (χ4v) is 1.97. The lowest BCUT2D eigenvalue weighted by atomic mass is 9.86. The average molecular weight is 264 g/mol. The van der Waals surface area contributed by atoms with Crippen molar-refractivity contribution in [3.63, 3.8) is 0 Å². The number of likely N-dealkylation sites (tertiary alicyclic amines) is 1. The summed E-state index contributed by atoms with van der Waals surface area (Å²) in [5.41, 5.74) is 4.49. The SMILES string of the molecule is CC(C)(C)OC(=O)N1CCC(N)(CC(F)F)CC1. The summed E-state index contributed by atoms with van der Waals surface area (Å²) in [7, 11) is 0. The highest BCUT2D eigenvalue weighted by Crippen LogP contribution is 2.26. The summed E-state index contributed by atoms with van der Waals surface area (Å²) in [5, 5.41) is 0. The summed E-state index contributed by atoms with van der Waals surface area (Å²) in [5.74, 6) is 0. The van der Waals surface area contributed by atoms with Gasteiger partial charge in [0.05, 0.1) is 0 Å². The Morgan fingerprint density at radius 2 is 1.89 bits per heavy atom. The van der Waals surface area contributed by atoms with Crippen LogP contribution in [0.1, 0.15) is 40.0 Å². The standard InChI is InChI=1S/C12H22F2N2O2/c1-11(2,3)18-10(17)16-6-4-12(15,5-7-16)8-9(13)14/h9H,4-8,15H2,1-3H3. The maximum atomic E-state index is 12.4. The molecule has 106 valence electrons. The zero-order valence-corrected chi connectivity index (χ0v) is 11.2. The molecule has 0 spiro atoms. The third kappa shape index (κ3) is 4.76. The smallest absolute Gasteiger partial charge is 0.410 e. The topological polar surface area (TPSA) is 55.6 Å². The summed E-state index contributed by atoms with van der Waals surface area (Å²) in [6.45, 7) is 6.12. The molecule has 1 aliphatic rings. The van der Waals surface area contributed by atoms with E-state index < -0.39 is 23.7 Å². The molecule has 0 radical (unpaired) electrons. The van der Waals surface area contributed by atoms with E-state index in [-0.39, 0.29) is 6.42 Å². The second-order valence-electron chi connectivity index (χ2n) is 5.92. The van der Waals surface area contributed by atoms with Gasteiger partial charge in [-0.25, -0.2) is 13.6 Å². The number of carbonyl (C=O) groups excluding carboxylic acids is 1. The molecule has 0 bridgehead atoms. The van der Waals surface area contributed by atoms with Crippen molar-refractivity contribution in [3.05, 3.63) is 0 Å². The van der Waals surface area contributed by atoms with E-state index in [2.05, 4.69) is 0 Å². The van der Waals surface area contributed by atoms with Crippen LogP contribution in [0.4, 0.5) is 13.6 Å². The van der Waals surface area contributed by atoms with Crippen LogP contribution in [-0.4, -0.2) is 41.6 Å². The summed E-state index contributed by atoms with van der Waals surface area (Å²) < 4.78 is 29.9. The monoisotopic (exact) mass is 264 g/mol. The first kappa shape index (κ1) is 15.1. The predicted molar refractivity (Wildman–Crippen MR) is 64.6 cm³/mol. The van der Waals surface area contributed by atoms with Gasteiger partial charge >= 0.3 is 6.09 Å². The van der Waals surface area contributed by atoms with Crippen molar-refractivity contribution in [3.8, 4) is 0 Å². The van der Waals surface area contributed by atoms with Crippen molar-refractivity contribution in [2.45, 2.75) is 57.6 Å². The Morgan fingerprint density at radius 1 is 1.39 bits per heavy atom. The average Bonchev–Trinajstić information content (AvgIpc) is 2.13. The van der Waals surface area contributed by atoms with Gasteiger partial charge in [0.25, 0.3) is 0 Å². The molecular formula is C12H22F2N2O2. The Labute approximate surface area is 106 Å². The Hall–Kier alpha value is -0.910. The molecule has 1 rings (SSSR count). The Bertz CT molecular complexity index is 295. The van der Waals surface area contributed by atoms with Crippen LogP contribution in [0.5, 0.6) is 0 Å². The zero-order chi connectivity index (χ0) is 14.0. The fraction of sp³-hybridized carbons (Fsp3) is 0.917. The Morgan fingerprint density at radius 3 is 2.28 bits per heavy atom. The van der Waals surface area contributed by atoms with Gasteiger partial charge < -0.3 is 15.4 Å². The number of halogens is 2. The quantitative estimate of drug-likeness (QED) is 0.833. The number of alkyl halides is 2. The van der Waals surface area contributed by atoms with Crippen LogP contribution in [0.25, 0.3) is 0 Å². The van der Waals surface area contributed by atoms with E-state index in [1.165, 1.54) is 4.90 Å². The third-order valence-electron chi connectivity index (χ3n) is 2.97. The number of carbonyl (C=O) groups is 1. The van der Waals surface area contributed by atoms with Gasteiger partial charge in [-0.2, -0.15) is 0 Å². The van der Waals surface area contributed by atoms with E-state index >= 15 is 0 Å². The molecule has 2 N–H and O–H groups in total. The maximum absolute atomic E-state index is 12.4. The highest BCUT2D eigenvalue weighted by molar-refractivity contribution is 5.68. The predicted octanol–water partition coefficient (Wildman–Crippen LogP) is 2.37. The lowest BCUT2D eigenvalue weighted by Crippen LogP contribution is -2.53. The van der Waals surface area contributed by atoms with Gasteiger partial charge in [-0.1, -0.05) is 0 Å². The molecule has 1 amide bonds. The molecule has 1 heterocycles. The maximum Gasteiger partial charge on any atom is 0.410 e. The zero-order valence-electron chi connectivity index (χ0n) is 11.2. The second-order valence-corrected chi connectivity index (χ2v) is 5.92. The van der Waals surface area contributed by atoms with Crippen LogP contribution < -0.4 is 5.73 Å². The van der Waals surface area contributed by atoms with Crippen LogP contribution in [0.3, 0.4) is 0 Å². The van der Waals surface area contributed by atoms with E-state index in [4.69, 9.17) is 10.5 Å². The van der Waals surface area contributed by atoms with Crippen molar-refractivity contribution in [2.75, 3.05) is 13.1 Å². The number of amides is 1. The molecule has 1 fully saturated rings. The molecule has 0 aromatic rings. The normalized spacial score (nSPS) is 20.1. The van der Waals surface area contributed by atoms with Gasteiger partial charge in [0, 0.05) is 25.0 Å². The van der Waals surface area contributed by atoms with Gasteiger partial charge in [-0.05, 0) is 33.6 Å². The lowest BCUT2D eigenvalue weighted by Gasteiger charge is -2.39. The van der Waals surface area contributed by atoms with E-state index in [1.807, 2.05) is 0 Å². The molecule has 0 atom stereocenters. The molecule has 1 saturated heterocycles. The van der Waals surface area contributed by atoms with Crippen LogP contribution in [0.2, 0.25) is 0 Å². The number of ether oxygens (including phenoxy) is 1. The fourth-order valence-electron chi connectivity index (χ4n) is 1.97. The first-order chi connectivity index (χ1) is 8.11. The first-order valence-corrected chi connectivity index (χ1v) is 6.16. The Balaban J connectivity index is 2.46. The van der Waals surface area contributed by atoms with Crippen LogP contribution >= 0.6 is 0 Å². The third-order valence-corrected chi connectivity index (χ3v) is 2.97. The number of hydrogen-bond donors (Lipinski definition) is 1. The highest BCUT2D eigenvalue weighted by Gasteiger charge is 2.35. The van der Waals surface area contributed by atoms with Gasteiger partial charge in [-0.15, -0.1) is 0 Å². The highest BCUT2D eigenvalue weighted by atomic mass is 19.3. The molecule has 6 heteroatoms. The molecule has 0 aromatic carbocycles. The molecule has 18 heavy (non-hydrogen) atoms. The van der Waals surface area contributed by atoms with Crippen molar-refractivity contribution in [2.24, 2.45) is 5.73 Å². The summed E-state index contributed by atoms with van der Waals surface area (Å²) in [6, 6.07) is 0. The van der Waals surface area contributed by atoms with Gasteiger partial charge in [-0.3, -0.25) is 0 Å². The van der Waals surface area contributed by atoms with Crippen LogP contribution in [0, 0.1) is 0 Å². The summed E-state index contributed by atoms with van der Waals surface area (Å²) in [6.07, 6.45) is -2.34. The minimum absolute atomic E-state index is 0.310. The van der Waals surface area contributed by atoms with Crippen LogP contribution in [0.15, 0.2) is 0 Å². The molecule has 1 aliphatic heterocycles. The minimum Gasteiger partial charge on any atom is -0.444 e. The summed E-state index contributed by atoms with van der Waals surface area (Å²) in [4.78, 5) is 13.3. The van der Waals surface area contributed by atoms with Crippen molar-refractivity contribution < 1.29 is 18.3 Å². The number of nitrogens with zero attached hydrogens (tertiary/aromatic N) is 1. The van der Waals surface area contributed by atoms with Crippen molar-refractivity contribution in [1.82, 2.24) is 4.90 Å². The van der Waals surface area contributed by atoms with Crippen LogP contribution in [-0.2, 0) is 4.74 Å². The number of piperidine rings is 1. The van der Waals surface area contributed by atoms with Crippen molar-refractivity contribution >= 4 is 6.09 Å². The van der Waals surface area contributed by atoms with Crippen molar-refractivity contribution in [1.29, 1.82) is 0 Å². The molecular weight excluding hydrogens is 242 g/mol. The number of hydrogen-bond acceptors (Lipinski definition) is 3. The second kappa shape index (κ2) is 5.38. The molecule has 0 aliphatic carbocycles. The number of nitrogens with two attached hydrogens (primary N) is 1. The molecule has 4 nitrogen and oxygen atoms in total. The Kier molecular flexibility index (Phi) is 4.53. The van der Waals surface area contributed by atoms with E-state index in [0.29, 0.717) is 25.9 Å². The number of rotatable bonds is 2. The molecule has 0 unspecified atom stereocenters. The van der Waals surface area contributed by atoms with Gasteiger partial charge in [0.2, 0.25) is 6.43 Å². The molecule has 0 saturated carbocycles. The van der Waals surface area contributed by atoms with E-state index in [0.717, 1.165) is 0 Å². The lowest BCUT2D eigenvalue weighted by molar-refractivity contribution is 0.0122. The molecule has 0 aromatic heterocycles. The van der Waals surface area contributed by atoms with E-state index in [1.54, 1.807) is 20.8 Å².